The lowest BCUT2D eigenvalue weighted by molar-refractivity contribution is -0.138. The van der Waals surface area contributed by atoms with Gasteiger partial charge in [0.25, 0.3) is 0 Å². The highest BCUT2D eigenvalue weighted by Gasteiger charge is 2.37. The number of rotatable bonds is 2. The van der Waals surface area contributed by atoms with Gasteiger partial charge in [-0.05, 0) is 12.3 Å². The molecule has 2 rings (SSSR count). The van der Waals surface area contributed by atoms with Gasteiger partial charge < -0.3 is 25.1 Å². The van der Waals surface area contributed by atoms with Crippen LogP contribution in [0.15, 0.2) is 0 Å². The van der Waals surface area contributed by atoms with Crippen molar-refractivity contribution in [3.8, 4) is 0 Å². The van der Waals surface area contributed by atoms with E-state index < -0.39 is 18.2 Å². The first-order valence-electron chi connectivity index (χ1n) is 6.09. The number of nitrogens with zero attached hydrogens (tertiary/aromatic N) is 2. The van der Waals surface area contributed by atoms with Crippen LogP contribution in [0.3, 0.4) is 0 Å². The van der Waals surface area contributed by atoms with Gasteiger partial charge in [-0.2, -0.15) is 0 Å². The van der Waals surface area contributed by atoms with E-state index >= 15 is 0 Å². The average Bonchev–Trinajstić information content (AvgIpc) is 2.85. The number of aliphatic carboxylic acids is 1. The van der Waals surface area contributed by atoms with E-state index in [4.69, 9.17) is 5.11 Å². The van der Waals surface area contributed by atoms with E-state index in [1.807, 2.05) is 0 Å². The molecule has 2 saturated heterocycles. The van der Waals surface area contributed by atoms with Crippen molar-refractivity contribution in [3.63, 3.8) is 0 Å². The van der Waals surface area contributed by atoms with E-state index in [1.54, 1.807) is 4.90 Å². The first-order chi connectivity index (χ1) is 8.47. The zero-order valence-corrected chi connectivity index (χ0v) is 10.0. The summed E-state index contributed by atoms with van der Waals surface area (Å²) in [5.41, 5.74) is 0. The second kappa shape index (κ2) is 5.11. The molecular weight excluding hydrogens is 240 g/mol. The topological polar surface area (TPSA) is 101 Å². The second-order valence-corrected chi connectivity index (χ2v) is 5.02. The Hall–Kier alpha value is -1.34. The summed E-state index contributed by atoms with van der Waals surface area (Å²) in [7, 11) is 0. The lowest BCUT2D eigenvalue weighted by Gasteiger charge is -2.23. The molecule has 0 aliphatic carbocycles. The number of carbonyl (C=O) groups excluding carboxylic acids is 1. The van der Waals surface area contributed by atoms with E-state index in [0.717, 1.165) is 0 Å². The number of likely N-dealkylation sites (tertiary alicyclic amines) is 2. The largest absolute Gasteiger partial charge is 0.481 e. The van der Waals surface area contributed by atoms with E-state index in [0.29, 0.717) is 19.5 Å². The number of β-amino-alcohol motifs (C(OH)–C–C–N with tert-alkyl or cyclic N) is 2. The van der Waals surface area contributed by atoms with Crippen LogP contribution in [0, 0.1) is 5.92 Å². The van der Waals surface area contributed by atoms with E-state index in [1.165, 1.54) is 4.90 Å². The van der Waals surface area contributed by atoms with Gasteiger partial charge in [-0.25, -0.2) is 4.79 Å². The molecule has 3 atom stereocenters. The summed E-state index contributed by atoms with van der Waals surface area (Å²) in [6, 6.07) is -0.224. The third-order valence-electron chi connectivity index (χ3n) is 3.55. The van der Waals surface area contributed by atoms with E-state index in [-0.39, 0.29) is 31.5 Å². The standard InChI is InChI=1S/C11H18N2O5/c14-8-5-13(6-9(8)15)11(18)12-2-1-7(4-12)3-10(16)17/h7-9,14-15H,1-6H2,(H,16,17). The molecule has 2 aliphatic heterocycles. The van der Waals surface area contributed by atoms with Crippen LogP contribution in [0.1, 0.15) is 12.8 Å². The predicted octanol–water partition coefficient (Wildman–Crippen LogP) is -1.06. The molecule has 0 aromatic carbocycles. The van der Waals surface area contributed by atoms with Crippen molar-refractivity contribution in [2.75, 3.05) is 26.2 Å². The lowest BCUT2D eigenvalue weighted by atomic mass is 10.1. The Morgan fingerprint density at radius 3 is 2.22 bits per heavy atom. The lowest BCUT2D eigenvalue weighted by Crippen LogP contribution is -2.41. The molecule has 2 heterocycles. The second-order valence-electron chi connectivity index (χ2n) is 5.02. The van der Waals surface area contributed by atoms with Gasteiger partial charge in [-0.3, -0.25) is 4.79 Å². The Kier molecular flexibility index (Phi) is 3.72. The molecule has 0 bridgehead atoms. The van der Waals surface area contributed by atoms with Gasteiger partial charge in [0, 0.05) is 19.5 Å². The highest BCUT2D eigenvalue weighted by molar-refractivity contribution is 5.75. The fraction of sp³-hybridized carbons (Fsp3) is 0.818. The van der Waals surface area contributed by atoms with Gasteiger partial charge >= 0.3 is 12.0 Å². The third kappa shape index (κ3) is 2.73. The maximum Gasteiger partial charge on any atom is 0.320 e. The number of carboxylic acids is 1. The van der Waals surface area contributed by atoms with Crippen LogP contribution in [-0.4, -0.2) is 75.5 Å². The minimum atomic E-state index is -0.883. The first kappa shape index (κ1) is 13.1. The molecule has 0 aromatic heterocycles. The molecule has 0 aromatic rings. The van der Waals surface area contributed by atoms with Gasteiger partial charge in [-0.1, -0.05) is 0 Å². The highest BCUT2D eigenvalue weighted by Crippen LogP contribution is 2.22. The molecule has 0 spiro atoms. The summed E-state index contributed by atoms with van der Waals surface area (Å²) >= 11 is 0. The van der Waals surface area contributed by atoms with Crippen LogP contribution in [0.25, 0.3) is 0 Å². The molecule has 7 nitrogen and oxygen atoms in total. The molecule has 7 heteroatoms. The van der Waals surface area contributed by atoms with Crippen molar-refractivity contribution < 1.29 is 24.9 Å². The summed E-state index contributed by atoms with van der Waals surface area (Å²) in [6.45, 7) is 1.26. The Morgan fingerprint density at radius 2 is 1.67 bits per heavy atom. The average molecular weight is 258 g/mol. The minimum Gasteiger partial charge on any atom is -0.481 e. The number of amides is 2. The van der Waals surface area contributed by atoms with E-state index in [2.05, 4.69) is 0 Å². The van der Waals surface area contributed by atoms with Gasteiger partial charge in [0.15, 0.2) is 0 Å². The van der Waals surface area contributed by atoms with Crippen LogP contribution in [0.2, 0.25) is 0 Å². The number of hydrogen-bond donors (Lipinski definition) is 3. The maximum atomic E-state index is 12.1. The third-order valence-corrected chi connectivity index (χ3v) is 3.55. The zero-order chi connectivity index (χ0) is 13.3. The fourth-order valence-corrected chi connectivity index (χ4v) is 2.55. The van der Waals surface area contributed by atoms with Crippen molar-refractivity contribution in [1.82, 2.24) is 9.80 Å². The Labute approximate surface area is 105 Å². The van der Waals surface area contributed by atoms with Crippen molar-refractivity contribution in [1.29, 1.82) is 0 Å². The number of urea groups is 1. The molecule has 102 valence electrons. The first-order valence-corrected chi connectivity index (χ1v) is 6.09. The molecule has 0 saturated carbocycles. The van der Waals surface area contributed by atoms with Gasteiger partial charge in [0.1, 0.15) is 0 Å². The Morgan fingerprint density at radius 1 is 1.06 bits per heavy atom. The number of carboxylic acid groups (broad SMARTS) is 1. The van der Waals surface area contributed by atoms with Crippen LogP contribution in [-0.2, 0) is 4.79 Å². The molecule has 0 radical (unpaired) electrons. The number of hydrogen-bond acceptors (Lipinski definition) is 4. The van der Waals surface area contributed by atoms with Gasteiger partial charge in [0.05, 0.1) is 25.3 Å². The summed E-state index contributed by atoms with van der Waals surface area (Å²) in [5, 5.41) is 27.5. The Bertz CT molecular complexity index is 338. The molecule has 2 aliphatic rings. The van der Waals surface area contributed by atoms with Crippen molar-refractivity contribution in [2.45, 2.75) is 25.0 Å². The van der Waals surface area contributed by atoms with Gasteiger partial charge in [0.2, 0.25) is 0 Å². The summed E-state index contributed by atoms with van der Waals surface area (Å²) in [6.07, 6.45) is -0.996. The quantitative estimate of drug-likeness (QED) is 0.586. The smallest absolute Gasteiger partial charge is 0.320 e. The van der Waals surface area contributed by atoms with Crippen molar-refractivity contribution in [2.24, 2.45) is 5.92 Å². The highest BCUT2D eigenvalue weighted by atomic mass is 16.4. The predicted molar refractivity (Wildman–Crippen MR) is 60.9 cm³/mol. The zero-order valence-electron chi connectivity index (χ0n) is 10.0. The van der Waals surface area contributed by atoms with Crippen LogP contribution in [0.5, 0.6) is 0 Å². The van der Waals surface area contributed by atoms with Crippen molar-refractivity contribution >= 4 is 12.0 Å². The maximum absolute atomic E-state index is 12.1. The van der Waals surface area contributed by atoms with Crippen molar-refractivity contribution in [3.05, 3.63) is 0 Å². The number of aliphatic hydroxyl groups is 2. The molecular formula is C11H18N2O5. The number of aliphatic hydroxyl groups excluding tert-OH is 2. The summed E-state index contributed by atoms with van der Waals surface area (Å²) in [5.74, 6) is -0.842. The summed E-state index contributed by atoms with van der Waals surface area (Å²) < 4.78 is 0. The SMILES string of the molecule is O=C(O)CC1CCN(C(=O)N2CC(O)C(O)C2)C1. The van der Waals surface area contributed by atoms with Crippen LogP contribution in [0.4, 0.5) is 4.79 Å². The number of carbonyl (C=O) groups is 2. The molecule has 2 amide bonds. The summed E-state index contributed by atoms with van der Waals surface area (Å²) in [4.78, 5) is 25.7. The molecule has 3 N–H and O–H groups in total. The molecule has 18 heavy (non-hydrogen) atoms. The fourth-order valence-electron chi connectivity index (χ4n) is 2.55. The minimum absolute atomic E-state index is 0.00361. The normalized spacial score (nSPS) is 32.0. The van der Waals surface area contributed by atoms with Crippen LogP contribution < -0.4 is 0 Å². The van der Waals surface area contributed by atoms with Crippen LogP contribution >= 0.6 is 0 Å². The molecule has 3 unspecified atom stereocenters. The van der Waals surface area contributed by atoms with Gasteiger partial charge in [-0.15, -0.1) is 0 Å². The Balaban J connectivity index is 1.86. The van der Waals surface area contributed by atoms with E-state index in [9.17, 15) is 19.8 Å². The molecule has 2 fully saturated rings. The monoisotopic (exact) mass is 258 g/mol.